The SMILES string of the molecule is CCCCOc1cc2c(cc1C(=O)c1ccc(C(=O)OC)cn1)C(C)(C)CCC2(C)C. The fourth-order valence-corrected chi connectivity index (χ4v) is 4.12. The van der Waals surface area contributed by atoms with Crippen molar-refractivity contribution >= 4 is 11.8 Å². The maximum absolute atomic E-state index is 13.5. The molecule has 31 heavy (non-hydrogen) atoms. The number of methoxy groups -OCH3 is 1. The third-order valence-corrected chi connectivity index (χ3v) is 6.37. The summed E-state index contributed by atoms with van der Waals surface area (Å²) in [6.45, 7) is 11.7. The maximum Gasteiger partial charge on any atom is 0.339 e. The smallest absolute Gasteiger partial charge is 0.339 e. The number of aromatic nitrogens is 1. The average molecular weight is 424 g/mol. The van der Waals surface area contributed by atoms with Crippen LogP contribution in [0.2, 0.25) is 0 Å². The highest BCUT2D eigenvalue weighted by Crippen LogP contribution is 2.47. The molecular formula is C26H33NO4. The Balaban J connectivity index is 2.08. The monoisotopic (exact) mass is 423 g/mol. The molecule has 1 aliphatic rings. The van der Waals surface area contributed by atoms with E-state index in [-0.39, 0.29) is 22.3 Å². The van der Waals surface area contributed by atoms with Gasteiger partial charge >= 0.3 is 5.97 Å². The van der Waals surface area contributed by atoms with Gasteiger partial charge in [-0.15, -0.1) is 0 Å². The standard InChI is InChI=1S/C26H33NO4/c1-7-8-13-31-22-15-20-19(25(2,3)11-12-26(20,4)5)14-18(22)23(28)21-10-9-17(16-27-21)24(29)30-6/h9-10,14-16H,7-8,11-13H2,1-6H3. The van der Waals surface area contributed by atoms with Crippen LogP contribution in [0.4, 0.5) is 0 Å². The Morgan fingerprint density at radius 2 is 1.68 bits per heavy atom. The molecule has 0 amide bonds. The van der Waals surface area contributed by atoms with Crippen molar-refractivity contribution in [3.63, 3.8) is 0 Å². The molecule has 1 aromatic carbocycles. The number of ketones is 1. The molecule has 2 aromatic rings. The number of hydrogen-bond donors (Lipinski definition) is 0. The molecule has 0 spiro atoms. The molecule has 0 radical (unpaired) electrons. The molecule has 5 heteroatoms. The summed E-state index contributed by atoms with van der Waals surface area (Å²) in [5, 5.41) is 0. The van der Waals surface area contributed by atoms with E-state index in [0.29, 0.717) is 23.5 Å². The lowest BCUT2D eigenvalue weighted by Gasteiger charge is -2.42. The largest absolute Gasteiger partial charge is 0.493 e. The predicted molar refractivity (Wildman–Crippen MR) is 121 cm³/mol. The first kappa shape index (κ1) is 23.0. The fraction of sp³-hybridized carbons (Fsp3) is 0.500. The quantitative estimate of drug-likeness (QED) is 0.328. The van der Waals surface area contributed by atoms with Gasteiger partial charge in [-0.2, -0.15) is 0 Å². The van der Waals surface area contributed by atoms with Crippen molar-refractivity contribution in [1.82, 2.24) is 4.98 Å². The predicted octanol–water partition coefficient (Wildman–Crippen LogP) is 5.63. The highest BCUT2D eigenvalue weighted by atomic mass is 16.5. The molecule has 1 aromatic heterocycles. The molecule has 0 aliphatic heterocycles. The summed E-state index contributed by atoms with van der Waals surface area (Å²) < 4.78 is 10.8. The maximum atomic E-state index is 13.5. The van der Waals surface area contributed by atoms with Crippen LogP contribution >= 0.6 is 0 Å². The van der Waals surface area contributed by atoms with Gasteiger partial charge in [-0.05, 0) is 65.5 Å². The van der Waals surface area contributed by atoms with Gasteiger partial charge in [0.25, 0.3) is 0 Å². The second-order valence-electron chi connectivity index (χ2n) is 9.62. The summed E-state index contributed by atoms with van der Waals surface area (Å²) in [5.74, 6) is -0.0698. The van der Waals surface area contributed by atoms with Crippen molar-refractivity contribution in [1.29, 1.82) is 0 Å². The second kappa shape index (κ2) is 8.81. The van der Waals surface area contributed by atoms with Crippen molar-refractivity contribution < 1.29 is 19.1 Å². The molecule has 0 saturated carbocycles. The van der Waals surface area contributed by atoms with Crippen molar-refractivity contribution in [2.75, 3.05) is 13.7 Å². The van der Waals surface area contributed by atoms with E-state index in [9.17, 15) is 9.59 Å². The van der Waals surface area contributed by atoms with Gasteiger partial charge in [-0.1, -0.05) is 41.0 Å². The van der Waals surface area contributed by atoms with Crippen molar-refractivity contribution in [2.24, 2.45) is 0 Å². The fourth-order valence-electron chi connectivity index (χ4n) is 4.12. The summed E-state index contributed by atoms with van der Waals surface area (Å²) in [5.41, 5.74) is 3.56. The molecule has 0 atom stereocenters. The van der Waals surface area contributed by atoms with Gasteiger partial charge in [0.2, 0.25) is 5.78 Å². The Labute approximate surface area is 185 Å². The lowest BCUT2D eigenvalue weighted by atomic mass is 9.62. The van der Waals surface area contributed by atoms with Gasteiger partial charge in [0, 0.05) is 6.20 Å². The van der Waals surface area contributed by atoms with Crippen LogP contribution < -0.4 is 4.74 Å². The Hall–Kier alpha value is -2.69. The molecular weight excluding hydrogens is 390 g/mol. The average Bonchev–Trinajstić information content (AvgIpc) is 2.76. The topological polar surface area (TPSA) is 65.5 Å². The number of carbonyl (C=O) groups excluding carboxylic acids is 2. The Kier molecular flexibility index (Phi) is 6.54. The zero-order chi connectivity index (χ0) is 22.8. The molecule has 1 aliphatic carbocycles. The Morgan fingerprint density at radius 1 is 1.03 bits per heavy atom. The number of rotatable bonds is 7. The van der Waals surface area contributed by atoms with Crippen LogP contribution in [0.3, 0.4) is 0 Å². The number of pyridine rings is 1. The van der Waals surface area contributed by atoms with Crippen molar-refractivity contribution in [3.8, 4) is 5.75 Å². The highest BCUT2D eigenvalue weighted by molar-refractivity contribution is 6.10. The van der Waals surface area contributed by atoms with E-state index in [1.807, 2.05) is 6.07 Å². The van der Waals surface area contributed by atoms with Gasteiger partial charge < -0.3 is 9.47 Å². The number of benzene rings is 1. The van der Waals surface area contributed by atoms with Gasteiger partial charge in [-0.3, -0.25) is 9.78 Å². The number of carbonyl (C=O) groups is 2. The van der Waals surface area contributed by atoms with Crippen LogP contribution in [-0.4, -0.2) is 30.5 Å². The minimum atomic E-state index is -0.479. The number of unbranched alkanes of at least 4 members (excludes halogenated alkanes) is 1. The minimum Gasteiger partial charge on any atom is -0.493 e. The van der Waals surface area contributed by atoms with Crippen molar-refractivity contribution in [3.05, 3.63) is 58.4 Å². The van der Waals surface area contributed by atoms with E-state index in [4.69, 9.17) is 9.47 Å². The highest BCUT2D eigenvalue weighted by Gasteiger charge is 2.38. The van der Waals surface area contributed by atoms with E-state index < -0.39 is 5.97 Å². The van der Waals surface area contributed by atoms with E-state index in [1.54, 1.807) is 12.1 Å². The lowest BCUT2D eigenvalue weighted by molar-refractivity contribution is 0.0600. The number of hydrogen-bond acceptors (Lipinski definition) is 5. The van der Waals surface area contributed by atoms with Crippen LogP contribution in [-0.2, 0) is 15.6 Å². The number of nitrogens with zero attached hydrogens (tertiary/aromatic N) is 1. The first-order valence-electron chi connectivity index (χ1n) is 11.0. The zero-order valence-electron chi connectivity index (χ0n) is 19.5. The number of esters is 1. The normalized spacial score (nSPS) is 16.3. The summed E-state index contributed by atoms with van der Waals surface area (Å²) in [6, 6.07) is 7.21. The van der Waals surface area contributed by atoms with Gasteiger partial charge in [0.1, 0.15) is 11.4 Å². The summed E-state index contributed by atoms with van der Waals surface area (Å²) in [7, 11) is 1.32. The zero-order valence-corrected chi connectivity index (χ0v) is 19.5. The lowest BCUT2D eigenvalue weighted by Crippen LogP contribution is -2.34. The van der Waals surface area contributed by atoms with Gasteiger partial charge in [0.15, 0.2) is 0 Å². The molecule has 166 valence electrons. The summed E-state index contributed by atoms with van der Waals surface area (Å²) >= 11 is 0. The molecule has 0 saturated heterocycles. The van der Waals surface area contributed by atoms with E-state index >= 15 is 0 Å². The van der Waals surface area contributed by atoms with Crippen LogP contribution in [0.1, 0.15) is 97.8 Å². The molecule has 0 bridgehead atoms. The van der Waals surface area contributed by atoms with Crippen LogP contribution in [0.15, 0.2) is 30.5 Å². The van der Waals surface area contributed by atoms with E-state index in [1.165, 1.54) is 24.4 Å². The van der Waals surface area contributed by atoms with Crippen molar-refractivity contribution in [2.45, 2.75) is 71.1 Å². The van der Waals surface area contributed by atoms with Crippen LogP contribution in [0.25, 0.3) is 0 Å². The van der Waals surface area contributed by atoms with Crippen LogP contribution in [0, 0.1) is 0 Å². The number of fused-ring (bicyclic) bond motifs is 1. The molecule has 1 heterocycles. The number of ether oxygens (including phenoxy) is 2. The van der Waals surface area contributed by atoms with Gasteiger partial charge in [-0.25, -0.2) is 4.79 Å². The van der Waals surface area contributed by atoms with Crippen LogP contribution in [0.5, 0.6) is 5.75 Å². The Morgan fingerprint density at radius 3 is 2.23 bits per heavy atom. The first-order chi connectivity index (χ1) is 14.6. The minimum absolute atomic E-state index is 0.0235. The molecule has 0 fully saturated rings. The Bertz CT molecular complexity index is 974. The second-order valence-corrected chi connectivity index (χ2v) is 9.62. The molecule has 0 unspecified atom stereocenters. The first-order valence-corrected chi connectivity index (χ1v) is 11.0. The summed E-state index contributed by atoms with van der Waals surface area (Å²) in [6.07, 6.45) is 5.46. The van der Waals surface area contributed by atoms with E-state index in [2.05, 4.69) is 45.7 Å². The third-order valence-electron chi connectivity index (χ3n) is 6.37. The summed E-state index contributed by atoms with van der Waals surface area (Å²) in [4.78, 5) is 29.4. The third kappa shape index (κ3) is 4.65. The molecule has 5 nitrogen and oxygen atoms in total. The van der Waals surface area contributed by atoms with Gasteiger partial charge in [0.05, 0.1) is 24.8 Å². The van der Waals surface area contributed by atoms with E-state index in [0.717, 1.165) is 25.7 Å². The molecule has 3 rings (SSSR count). The molecule has 0 N–H and O–H groups in total.